The van der Waals surface area contributed by atoms with Crippen LogP contribution >= 0.6 is 0 Å². The van der Waals surface area contributed by atoms with Crippen molar-refractivity contribution >= 4 is 11.9 Å². The van der Waals surface area contributed by atoms with E-state index >= 15 is 0 Å². The number of benzene rings is 1. The van der Waals surface area contributed by atoms with Crippen molar-refractivity contribution in [3.63, 3.8) is 0 Å². The second-order valence-corrected chi connectivity index (χ2v) is 7.05. The molecule has 1 amide bonds. The number of carboxylic acid groups (broad SMARTS) is 1. The lowest BCUT2D eigenvalue weighted by Gasteiger charge is -2.33. The zero-order valence-electron chi connectivity index (χ0n) is 15.7. The van der Waals surface area contributed by atoms with Gasteiger partial charge in [-0.1, -0.05) is 12.1 Å². The largest absolute Gasteiger partial charge is 0.478 e. The molecule has 0 aliphatic carbocycles. The summed E-state index contributed by atoms with van der Waals surface area (Å²) in [5.41, 5.74) is 2.58. The van der Waals surface area contributed by atoms with Gasteiger partial charge in [-0.05, 0) is 42.7 Å². The van der Waals surface area contributed by atoms with Crippen LogP contribution in [0.25, 0.3) is 11.4 Å². The number of likely N-dealkylation sites (tertiary alicyclic amines) is 1. The van der Waals surface area contributed by atoms with Gasteiger partial charge in [-0.2, -0.15) is 0 Å². The molecule has 7 heteroatoms. The highest BCUT2D eigenvalue weighted by molar-refractivity contribution is 5.94. The number of carbonyl (C=O) groups excluding carboxylic acids is 1. The van der Waals surface area contributed by atoms with E-state index in [0.717, 1.165) is 24.0 Å². The quantitative estimate of drug-likeness (QED) is 0.737. The highest BCUT2D eigenvalue weighted by atomic mass is 16.4. The van der Waals surface area contributed by atoms with Crippen LogP contribution in [0.2, 0.25) is 0 Å². The maximum absolute atomic E-state index is 12.9. The Morgan fingerprint density at radius 2 is 1.76 bits per heavy atom. The average molecular weight is 388 g/mol. The number of pyridine rings is 1. The summed E-state index contributed by atoms with van der Waals surface area (Å²) in [6, 6.07) is 10.6. The van der Waals surface area contributed by atoms with Crippen LogP contribution in [0.3, 0.4) is 0 Å². The minimum Gasteiger partial charge on any atom is -0.478 e. The van der Waals surface area contributed by atoms with Crippen molar-refractivity contribution in [1.82, 2.24) is 19.9 Å². The van der Waals surface area contributed by atoms with Crippen molar-refractivity contribution < 1.29 is 14.7 Å². The van der Waals surface area contributed by atoms with Gasteiger partial charge in [0.2, 0.25) is 0 Å². The molecule has 1 fully saturated rings. The Morgan fingerprint density at radius 3 is 2.41 bits per heavy atom. The first-order valence-electron chi connectivity index (χ1n) is 9.47. The molecule has 29 heavy (non-hydrogen) atoms. The molecule has 1 N–H and O–H groups in total. The average Bonchev–Trinajstić information content (AvgIpc) is 2.79. The van der Waals surface area contributed by atoms with E-state index in [0.29, 0.717) is 24.5 Å². The van der Waals surface area contributed by atoms with Gasteiger partial charge in [0.25, 0.3) is 5.91 Å². The van der Waals surface area contributed by atoms with Crippen LogP contribution in [0.4, 0.5) is 0 Å². The molecule has 3 heterocycles. The van der Waals surface area contributed by atoms with E-state index in [1.807, 2.05) is 29.2 Å². The predicted molar refractivity (Wildman–Crippen MR) is 107 cm³/mol. The third-order valence-corrected chi connectivity index (χ3v) is 5.16. The summed E-state index contributed by atoms with van der Waals surface area (Å²) in [4.78, 5) is 38.5. The van der Waals surface area contributed by atoms with E-state index in [-0.39, 0.29) is 17.4 Å². The molecule has 3 aromatic rings. The smallest absolute Gasteiger partial charge is 0.335 e. The molecular formula is C22H20N4O3. The molecule has 2 aromatic heterocycles. The van der Waals surface area contributed by atoms with Crippen molar-refractivity contribution in [3.05, 3.63) is 77.9 Å². The van der Waals surface area contributed by atoms with E-state index < -0.39 is 5.97 Å². The van der Waals surface area contributed by atoms with Crippen LogP contribution in [0.5, 0.6) is 0 Å². The molecule has 1 aliphatic heterocycles. The lowest BCUT2D eigenvalue weighted by Crippen LogP contribution is -2.39. The number of carbonyl (C=O) groups is 2. The van der Waals surface area contributed by atoms with Crippen LogP contribution in [0.15, 0.2) is 61.2 Å². The molecule has 0 spiro atoms. The molecule has 0 bridgehead atoms. The van der Waals surface area contributed by atoms with Gasteiger partial charge in [-0.15, -0.1) is 0 Å². The van der Waals surface area contributed by atoms with E-state index in [9.17, 15) is 9.59 Å². The van der Waals surface area contributed by atoms with Gasteiger partial charge in [0, 0.05) is 49.4 Å². The Kier molecular flexibility index (Phi) is 5.29. The topological polar surface area (TPSA) is 96.3 Å². The fraction of sp³-hybridized carbons (Fsp3) is 0.227. The Balaban J connectivity index is 1.46. The minimum absolute atomic E-state index is 0.0883. The van der Waals surface area contributed by atoms with Crippen LogP contribution in [0, 0.1) is 0 Å². The number of piperidine rings is 1. The third kappa shape index (κ3) is 4.13. The first kappa shape index (κ1) is 18.7. The second kappa shape index (κ2) is 8.18. The molecule has 146 valence electrons. The van der Waals surface area contributed by atoms with Crippen molar-refractivity contribution in [2.24, 2.45) is 0 Å². The summed E-state index contributed by atoms with van der Waals surface area (Å²) < 4.78 is 0. The fourth-order valence-electron chi connectivity index (χ4n) is 3.60. The van der Waals surface area contributed by atoms with Crippen molar-refractivity contribution in [1.29, 1.82) is 0 Å². The molecule has 1 atom stereocenters. The molecule has 4 rings (SSSR count). The number of nitrogens with zero attached hydrogens (tertiary/aromatic N) is 4. The van der Waals surface area contributed by atoms with Crippen LogP contribution in [-0.2, 0) is 0 Å². The minimum atomic E-state index is -0.938. The highest BCUT2D eigenvalue weighted by Gasteiger charge is 2.26. The maximum Gasteiger partial charge on any atom is 0.335 e. The number of rotatable bonds is 4. The normalized spacial score (nSPS) is 16.4. The van der Waals surface area contributed by atoms with E-state index in [4.69, 9.17) is 5.11 Å². The van der Waals surface area contributed by atoms with Crippen LogP contribution < -0.4 is 0 Å². The predicted octanol–water partition coefficient (Wildman–Crippen LogP) is 3.26. The Bertz CT molecular complexity index is 1000. The molecular weight excluding hydrogens is 368 g/mol. The SMILES string of the molecule is O=C(O)c1ccc([C@H]2CCCN(C(=O)c3cnc(-c4cccnc4)nc3)C2)cc1. The van der Waals surface area contributed by atoms with Gasteiger partial charge in [0.15, 0.2) is 5.82 Å². The van der Waals surface area contributed by atoms with E-state index in [1.165, 1.54) is 0 Å². The van der Waals surface area contributed by atoms with E-state index in [2.05, 4.69) is 15.0 Å². The summed E-state index contributed by atoms with van der Waals surface area (Å²) >= 11 is 0. The standard InChI is InChI=1S/C22H20N4O3/c27-21(19-12-24-20(25-13-19)17-3-1-9-23-11-17)26-10-2-4-18(14-26)15-5-7-16(8-6-15)22(28)29/h1,3,5-9,11-13,18H,2,4,10,14H2,(H,28,29)/t18-/m0/s1. The molecule has 0 saturated carbocycles. The number of aromatic nitrogens is 3. The van der Waals surface area contributed by atoms with E-state index in [1.54, 1.807) is 36.9 Å². The third-order valence-electron chi connectivity index (χ3n) is 5.16. The lowest BCUT2D eigenvalue weighted by molar-refractivity contribution is 0.0693. The number of carboxylic acids is 1. The zero-order chi connectivity index (χ0) is 20.2. The first-order valence-corrected chi connectivity index (χ1v) is 9.47. The number of amides is 1. The lowest BCUT2D eigenvalue weighted by atomic mass is 9.90. The molecule has 1 aliphatic rings. The Morgan fingerprint density at radius 1 is 1.00 bits per heavy atom. The number of hydrogen-bond acceptors (Lipinski definition) is 5. The molecule has 1 saturated heterocycles. The molecule has 0 unspecified atom stereocenters. The highest BCUT2D eigenvalue weighted by Crippen LogP contribution is 2.28. The molecule has 7 nitrogen and oxygen atoms in total. The van der Waals surface area contributed by atoms with Crippen molar-refractivity contribution in [2.75, 3.05) is 13.1 Å². The monoisotopic (exact) mass is 388 g/mol. The summed E-state index contributed by atoms with van der Waals surface area (Å²) in [5.74, 6) is -0.308. The van der Waals surface area contributed by atoms with Gasteiger partial charge in [0.1, 0.15) is 0 Å². The van der Waals surface area contributed by atoms with Gasteiger partial charge in [-0.3, -0.25) is 9.78 Å². The zero-order valence-corrected chi connectivity index (χ0v) is 15.7. The van der Waals surface area contributed by atoms with Gasteiger partial charge >= 0.3 is 5.97 Å². The fourth-order valence-corrected chi connectivity index (χ4v) is 3.60. The molecule has 1 aromatic carbocycles. The molecule has 0 radical (unpaired) electrons. The van der Waals surface area contributed by atoms with Crippen LogP contribution in [-0.4, -0.2) is 49.9 Å². The van der Waals surface area contributed by atoms with Crippen molar-refractivity contribution in [2.45, 2.75) is 18.8 Å². The van der Waals surface area contributed by atoms with Gasteiger partial charge in [-0.25, -0.2) is 14.8 Å². The number of hydrogen-bond donors (Lipinski definition) is 1. The Labute approximate surface area is 168 Å². The second-order valence-electron chi connectivity index (χ2n) is 7.05. The van der Waals surface area contributed by atoms with Gasteiger partial charge < -0.3 is 10.0 Å². The number of aromatic carboxylic acids is 1. The Hall–Kier alpha value is -3.61. The van der Waals surface area contributed by atoms with Crippen LogP contribution in [0.1, 0.15) is 45.0 Å². The van der Waals surface area contributed by atoms with Crippen molar-refractivity contribution in [3.8, 4) is 11.4 Å². The van der Waals surface area contributed by atoms with Gasteiger partial charge in [0.05, 0.1) is 11.1 Å². The summed E-state index contributed by atoms with van der Waals surface area (Å²) in [7, 11) is 0. The summed E-state index contributed by atoms with van der Waals surface area (Å²) in [6.07, 6.45) is 8.34. The summed E-state index contributed by atoms with van der Waals surface area (Å²) in [5, 5.41) is 9.05. The maximum atomic E-state index is 12.9. The first-order chi connectivity index (χ1) is 14.1. The summed E-state index contributed by atoms with van der Waals surface area (Å²) in [6.45, 7) is 1.28.